The van der Waals surface area contributed by atoms with Gasteiger partial charge in [0.15, 0.2) is 12.5 Å². The van der Waals surface area contributed by atoms with Crippen molar-refractivity contribution in [2.45, 2.75) is 62.7 Å². The molecular weight excluding hydrogens is 532 g/mol. The van der Waals surface area contributed by atoms with Crippen molar-refractivity contribution in [2.24, 2.45) is 5.92 Å². The van der Waals surface area contributed by atoms with Crippen LogP contribution in [0.1, 0.15) is 38.7 Å². The Morgan fingerprint density at radius 3 is 2.55 bits per heavy atom. The molecule has 10 heteroatoms. The molecule has 4 atom stereocenters. The maximum atomic E-state index is 13.1. The van der Waals surface area contributed by atoms with Crippen LogP contribution in [0.15, 0.2) is 59.1 Å². The van der Waals surface area contributed by atoms with E-state index in [1.54, 1.807) is 18.2 Å². The molecule has 218 valence electrons. The van der Waals surface area contributed by atoms with E-state index in [4.69, 9.17) is 14.2 Å². The first-order valence-electron chi connectivity index (χ1n) is 13.3. The third-order valence-electron chi connectivity index (χ3n) is 6.84. The topological polar surface area (TPSA) is 126 Å². The van der Waals surface area contributed by atoms with Crippen molar-refractivity contribution in [2.75, 3.05) is 37.4 Å². The average Bonchev–Trinajstić information content (AvgIpc) is 2.93. The summed E-state index contributed by atoms with van der Waals surface area (Å²) in [6.45, 7) is 3.65. The zero-order valence-corrected chi connectivity index (χ0v) is 24.3. The smallest absolute Gasteiger partial charge is 0.234 e. The number of rotatable bonds is 4. The monoisotopic (exact) mass is 572 g/mol. The van der Waals surface area contributed by atoms with E-state index in [9.17, 15) is 19.8 Å². The van der Waals surface area contributed by atoms with Crippen molar-refractivity contribution < 1.29 is 34.0 Å². The van der Waals surface area contributed by atoms with Gasteiger partial charge in [-0.05, 0) is 37.8 Å². The molecule has 2 bridgehead atoms. The van der Waals surface area contributed by atoms with Crippen LogP contribution in [0, 0.1) is 5.92 Å². The lowest BCUT2D eigenvalue weighted by atomic mass is 9.90. The minimum Gasteiger partial charge on any atom is -0.465 e. The SMILES string of the molecule is COCOc1c2cc3c(c1CCC=C(C)C(O)C(C)C(O)CC=CC=CC=CC(OC)CC(=O)N2)SCC(=O)N3. The number of amides is 2. The summed E-state index contributed by atoms with van der Waals surface area (Å²) >= 11 is 1.42. The van der Waals surface area contributed by atoms with Gasteiger partial charge in [-0.3, -0.25) is 9.59 Å². The molecule has 4 unspecified atom stereocenters. The van der Waals surface area contributed by atoms with Crippen LogP contribution in [0.5, 0.6) is 5.75 Å². The Bertz CT molecular complexity index is 1160. The molecule has 2 amide bonds. The Kier molecular flexibility index (Phi) is 12.5. The summed E-state index contributed by atoms with van der Waals surface area (Å²) in [5, 5.41) is 27.4. The quantitative estimate of drug-likeness (QED) is 0.310. The third-order valence-corrected chi connectivity index (χ3v) is 8.00. The highest BCUT2D eigenvalue weighted by Gasteiger charge is 2.26. The Labute approximate surface area is 240 Å². The van der Waals surface area contributed by atoms with Crippen molar-refractivity contribution in [1.82, 2.24) is 0 Å². The lowest BCUT2D eigenvalue weighted by Crippen LogP contribution is -2.30. The second kappa shape index (κ2) is 15.8. The lowest BCUT2D eigenvalue weighted by molar-refractivity contribution is -0.118. The van der Waals surface area contributed by atoms with E-state index in [0.717, 1.165) is 16.0 Å². The molecule has 3 rings (SSSR count). The number of fused-ring (bicyclic) bond motifs is 4. The third kappa shape index (κ3) is 8.81. The van der Waals surface area contributed by atoms with Gasteiger partial charge < -0.3 is 35.1 Å². The maximum absolute atomic E-state index is 13.1. The summed E-state index contributed by atoms with van der Waals surface area (Å²) in [7, 11) is 3.06. The zero-order valence-electron chi connectivity index (χ0n) is 23.5. The standard InChI is InChI=1S/C30H40N2O7S/c1-19-11-10-13-22-29(39-18-37-3)23(16-24-30(22)40-17-27(35)32-24)31-26(34)15-21(38-4)12-8-6-5-7-9-14-25(33)20(2)28(19)36/h5-9,11-12,16,20-21,25,28,33,36H,10,13-15,17-18H2,1-4H3,(H,31,34)(H,32,35). The van der Waals surface area contributed by atoms with Crippen LogP contribution in [0.25, 0.3) is 0 Å². The molecule has 0 aliphatic carbocycles. The first kappa shape index (κ1) is 31.6. The fourth-order valence-corrected chi connectivity index (χ4v) is 5.50. The van der Waals surface area contributed by atoms with Gasteiger partial charge in [-0.25, -0.2) is 0 Å². The fraction of sp³-hybridized carbons (Fsp3) is 0.467. The number of carbonyl (C=O) groups is 2. The second-order valence-corrected chi connectivity index (χ2v) is 10.8. The number of carbonyl (C=O) groups excluding carboxylic acids is 2. The molecule has 9 nitrogen and oxygen atoms in total. The van der Waals surface area contributed by atoms with Crippen molar-refractivity contribution in [1.29, 1.82) is 0 Å². The number of benzene rings is 1. The van der Waals surface area contributed by atoms with E-state index in [2.05, 4.69) is 10.6 Å². The Morgan fingerprint density at radius 2 is 1.80 bits per heavy atom. The number of hydrogen-bond acceptors (Lipinski definition) is 8. The van der Waals surface area contributed by atoms with E-state index in [1.165, 1.54) is 26.0 Å². The van der Waals surface area contributed by atoms with Crippen LogP contribution in [0.3, 0.4) is 0 Å². The Balaban J connectivity index is 2.04. The van der Waals surface area contributed by atoms with E-state index >= 15 is 0 Å². The average molecular weight is 573 g/mol. The van der Waals surface area contributed by atoms with Crippen molar-refractivity contribution in [3.8, 4) is 5.75 Å². The first-order chi connectivity index (χ1) is 19.2. The summed E-state index contributed by atoms with van der Waals surface area (Å²) in [4.78, 5) is 26.1. The van der Waals surface area contributed by atoms with E-state index in [0.29, 0.717) is 36.4 Å². The number of nitrogens with one attached hydrogen (secondary N) is 2. The second-order valence-electron chi connectivity index (χ2n) is 9.81. The number of allylic oxidation sites excluding steroid dienone is 5. The van der Waals surface area contributed by atoms with Crippen LogP contribution in [-0.2, 0) is 25.5 Å². The summed E-state index contributed by atoms with van der Waals surface area (Å²) in [5.74, 6) is -0.0296. The molecule has 0 radical (unpaired) electrons. The molecule has 0 saturated carbocycles. The van der Waals surface area contributed by atoms with Crippen LogP contribution in [0.2, 0.25) is 0 Å². The minimum absolute atomic E-state index is 0.0293. The molecule has 0 saturated heterocycles. The van der Waals surface area contributed by atoms with E-state index < -0.39 is 18.3 Å². The molecule has 1 aromatic carbocycles. The predicted molar refractivity (Wildman–Crippen MR) is 158 cm³/mol. The minimum atomic E-state index is -0.806. The molecular formula is C30H40N2O7S. The highest BCUT2D eigenvalue weighted by molar-refractivity contribution is 8.00. The van der Waals surface area contributed by atoms with Crippen LogP contribution < -0.4 is 15.4 Å². The van der Waals surface area contributed by atoms with Gasteiger partial charge >= 0.3 is 0 Å². The number of aliphatic hydroxyl groups excluding tert-OH is 2. The molecule has 4 N–H and O–H groups in total. The number of thioether (sulfide) groups is 1. The molecule has 40 heavy (non-hydrogen) atoms. The number of hydrogen-bond donors (Lipinski definition) is 4. The van der Waals surface area contributed by atoms with Gasteiger partial charge in [-0.1, -0.05) is 49.5 Å². The molecule has 0 aromatic heterocycles. The van der Waals surface area contributed by atoms with Gasteiger partial charge in [-0.2, -0.15) is 0 Å². The van der Waals surface area contributed by atoms with Crippen LogP contribution in [-0.4, -0.2) is 67.1 Å². The number of ether oxygens (including phenoxy) is 3. The Morgan fingerprint density at radius 1 is 1.05 bits per heavy atom. The van der Waals surface area contributed by atoms with Crippen LogP contribution >= 0.6 is 11.8 Å². The van der Waals surface area contributed by atoms with Crippen LogP contribution in [0.4, 0.5) is 11.4 Å². The van der Waals surface area contributed by atoms with E-state index in [-0.39, 0.29) is 36.7 Å². The highest BCUT2D eigenvalue weighted by Crippen LogP contribution is 2.45. The van der Waals surface area contributed by atoms with Gasteiger partial charge in [-0.15, -0.1) is 11.8 Å². The molecule has 1 aromatic rings. The number of anilines is 2. The fourth-order valence-electron chi connectivity index (χ4n) is 4.52. The van der Waals surface area contributed by atoms with Crippen molar-refractivity contribution in [3.63, 3.8) is 0 Å². The zero-order chi connectivity index (χ0) is 29.1. The first-order valence-corrected chi connectivity index (χ1v) is 14.3. The lowest BCUT2D eigenvalue weighted by Gasteiger charge is -2.25. The highest BCUT2D eigenvalue weighted by atomic mass is 32.2. The largest absolute Gasteiger partial charge is 0.465 e. The summed E-state index contributed by atoms with van der Waals surface area (Å²) in [6, 6.07) is 1.71. The number of methoxy groups -OCH3 is 2. The Hall–Kier alpha value is -2.89. The number of aliphatic hydroxyl groups is 2. The predicted octanol–water partition coefficient (Wildman–Crippen LogP) is 4.37. The van der Waals surface area contributed by atoms with Gasteiger partial charge in [0.1, 0.15) is 0 Å². The molecule has 0 spiro atoms. The van der Waals surface area contributed by atoms with Gasteiger partial charge in [0.05, 0.1) is 41.9 Å². The van der Waals surface area contributed by atoms with Gasteiger partial charge in [0.2, 0.25) is 11.8 Å². The molecule has 0 fully saturated rings. The normalized spacial score (nSPS) is 24.8. The van der Waals surface area contributed by atoms with Gasteiger partial charge in [0.25, 0.3) is 0 Å². The molecule has 2 aliphatic rings. The van der Waals surface area contributed by atoms with E-state index in [1.807, 2.05) is 44.2 Å². The summed E-state index contributed by atoms with van der Waals surface area (Å²) in [5.41, 5.74) is 2.61. The van der Waals surface area contributed by atoms with Crippen molar-refractivity contribution >= 4 is 35.0 Å². The maximum Gasteiger partial charge on any atom is 0.234 e. The summed E-state index contributed by atoms with van der Waals surface area (Å²) in [6.07, 6.45) is 12.4. The van der Waals surface area contributed by atoms with Gasteiger partial charge in [0, 0.05) is 30.6 Å². The summed E-state index contributed by atoms with van der Waals surface area (Å²) < 4.78 is 16.6. The molecule has 2 aliphatic heterocycles. The molecule has 2 heterocycles. The van der Waals surface area contributed by atoms with Crippen molar-refractivity contribution in [3.05, 3.63) is 59.7 Å².